The molecule has 0 N–H and O–H groups in total. The molecule has 5 nitrogen and oxygen atoms in total. The van der Waals surface area contributed by atoms with Gasteiger partial charge in [0.05, 0.1) is 0 Å². The average Bonchev–Trinajstić information content (AvgIpc) is 2.97. The molecule has 0 heterocycles. The second kappa shape index (κ2) is 39.2. The van der Waals surface area contributed by atoms with Gasteiger partial charge in [0.15, 0.2) is 0 Å². The first kappa shape index (κ1) is 44.3. The van der Waals surface area contributed by atoms with Crippen LogP contribution in [0.15, 0.2) is 0 Å². The summed E-state index contributed by atoms with van der Waals surface area (Å²) in [6.07, 6.45) is 39.2. The van der Waals surface area contributed by atoms with Gasteiger partial charge in [-0.2, -0.15) is 0 Å². The molecule has 0 radical (unpaired) electrons. The topological polar surface area (TPSA) is 61.8 Å². The van der Waals surface area contributed by atoms with E-state index in [1.807, 2.05) is 0 Å². The summed E-state index contributed by atoms with van der Waals surface area (Å²) in [7, 11) is 0. The Balaban J connectivity index is 0. The molecule has 0 aromatic heterocycles. The van der Waals surface area contributed by atoms with E-state index in [4.69, 9.17) is 0 Å². The molecule has 0 unspecified atom stereocenters. The molecule has 0 amide bonds. The van der Waals surface area contributed by atoms with E-state index < -0.39 is 11.9 Å². The van der Waals surface area contributed by atoms with Crippen molar-refractivity contribution in [3.05, 3.63) is 0 Å². The molecule has 0 spiro atoms. The van der Waals surface area contributed by atoms with Gasteiger partial charge in [0.25, 0.3) is 0 Å². The number of carbonyl (C=O) groups excluding carboxylic acids is 2. The molecule has 0 aliphatic carbocycles. The number of hydrogen-bond donors (Lipinski definition) is 0. The maximum atomic E-state index is 11.7. The Morgan fingerprint density at radius 3 is 0.738 bits per heavy atom. The van der Waals surface area contributed by atoms with Crippen molar-refractivity contribution in [3.63, 3.8) is 0 Å². The van der Waals surface area contributed by atoms with Gasteiger partial charge in [0, 0.05) is 17.9 Å². The van der Waals surface area contributed by atoms with Gasteiger partial charge in [0.2, 0.25) is 0 Å². The first-order valence-electron chi connectivity index (χ1n) is 18.3. The third kappa shape index (κ3) is 38.2. The summed E-state index contributed by atoms with van der Waals surface area (Å²) in [5.41, 5.74) is 0. The Bertz CT molecular complexity index is 497. The molecule has 0 fully saturated rings. The van der Waals surface area contributed by atoms with Gasteiger partial charge in [-0.25, -0.2) is 9.59 Å². The van der Waals surface area contributed by atoms with E-state index >= 15 is 0 Å². The van der Waals surface area contributed by atoms with Crippen LogP contribution in [-0.2, 0) is 24.4 Å². The molecule has 0 aliphatic rings. The van der Waals surface area contributed by atoms with Gasteiger partial charge < -0.3 is 0 Å². The fourth-order valence-corrected chi connectivity index (χ4v) is 5.46. The van der Waals surface area contributed by atoms with Gasteiger partial charge in [-0.1, -0.05) is 194 Å². The van der Waals surface area contributed by atoms with E-state index in [2.05, 4.69) is 28.7 Å². The molecule has 0 aromatic carbocycles. The first-order chi connectivity index (χ1) is 20.2. The SMILES string of the molecule is CCCCCCCCCCCCCCCCCC(=O)OOOC(=O)CCCCCCCCCCCCCCCCC.[CaH2]. The molecule has 0 rings (SSSR count). The molecule has 0 saturated carbocycles. The van der Waals surface area contributed by atoms with Crippen LogP contribution in [0.1, 0.15) is 219 Å². The summed E-state index contributed by atoms with van der Waals surface area (Å²) in [6.45, 7) is 4.54. The molecule has 6 heteroatoms. The van der Waals surface area contributed by atoms with Crippen LogP contribution in [0.4, 0.5) is 0 Å². The van der Waals surface area contributed by atoms with Crippen LogP contribution in [0.5, 0.6) is 0 Å². The van der Waals surface area contributed by atoms with Gasteiger partial charge >= 0.3 is 49.7 Å². The first-order valence-corrected chi connectivity index (χ1v) is 18.3. The van der Waals surface area contributed by atoms with E-state index in [0.29, 0.717) is 12.8 Å². The Morgan fingerprint density at radius 1 is 0.333 bits per heavy atom. The summed E-state index contributed by atoms with van der Waals surface area (Å²) in [6, 6.07) is 0. The second-order valence-corrected chi connectivity index (χ2v) is 12.4. The summed E-state index contributed by atoms with van der Waals surface area (Å²) in [5.74, 6) is -0.945. The quantitative estimate of drug-likeness (QED) is 0.0308. The van der Waals surface area contributed by atoms with Crippen molar-refractivity contribution in [2.75, 3.05) is 0 Å². The van der Waals surface area contributed by atoms with E-state index in [9.17, 15) is 9.59 Å². The average molecular weight is 625 g/mol. The third-order valence-electron chi connectivity index (χ3n) is 8.22. The minimum atomic E-state index is -0.473. The fourth-order valence-electron chi connectivity index (χ4n) is 5.46. The molecule has 248 valence electrons. The van der Waals surface area contributed by atoms with Crippen LogP contribution in [0.3, 0.4) is 0 Å². The van der Waals surface area contributed by atoms with Crippen molar-refractivity contribution in [1.29, 1.82) is 0 Å². The van der Waals surface area contributed by atoms with Crippen molar-refractivity contribution >= 4 is 49.7 Å². The van der Waals surface area contributed by atoms with Crippen molar-refractivity contribution in [2.24, 2.45) is 0 Å². The van der Waals surface area contributed by atoms with Crippen LogP contribution in [-0.4, -0.2) is 49.7 Å². The van der Waals surface area contributed by atoms with Crippen LogP contribution in [0.2, 0.25) is 0 Å². The Kier molecular flexibility index (Phi) is 41.3. The van der Waals surface area contributed by atoms with Crippen LogP contribution in [0, 0.1) is 0 Å². The van der Waals surface area contributed by atoms with Gasteiger partial charge in [0.1, 0.15) is 0 Å². The maximum absolute atomic E-state index is 11.7. The van der Waals surface area contributed by atoms with E-state index in [1.165, 1.54) is 154 Å². The molecule has 42 heavy (non-hydrogen) atoms. The summed E-state index contributed by atoms with van der Waals surface area (Å²) < 4.78 is 0. The molecular weight excluding hydrogens is 552 g/mol. The van der Waals surface area contributed by atoms with Crippen molar-refractivity contribution in [3.8, 4) is 0 Å². The summed E-state index contributed by atoms with van der Waals surface area (Å²) in [4.78, 5) is 32.6. The molecule has 0 aliphatic heterocycles. The summed E-state index contributed by atoms with van der Waals surface area (Å²) >= 11 is 0. The van der Waals surface area contributed by atoms with Crippen LogP contribution >= 0.6 is 0 Å². The predicted octanol–water partition coefficient (Wildman–Crippen LogP) is 11.5. The zero-order valence-electron chi connectivity index (χ0n) is 27.7. The molecule has 0 saturated heterocycles. The standard InChI is InChI=1S/C36H70O5.Ca.2H/c1-3-5-7-9-11-13-15-17-19-21-23-25-27-29-31-33-35(37)39-41-40-36(38)34-32-30-28-26-24-22-20-18-16-14-12-10-8-6-4-2;;;/h3-34H2,1-2H3;;;. The van der Waals surface area contributed by atoms with Crippen molar-refractivity contribution in [2.45, 2.75) is 219 Å². The second-order valence-electron chi connectivity index (χ2n) is 12.4. The Hall–Kier alpha value is 0.160. The Morgan fingerprint density at radius 2 is 0.524 bits per heavy atom. The molecular formula is C36H72CaO5. The van der Waals surface area contributed by atoms with Crippen LogP contribution < -0.4 is 0 Å². The fraction of sp³-hybridized carbons (Fsp3) is 0.944. The molecule has 0 atom stereocenters. The van der Waals surface area contributed by atoms with Gasteiger partial charge in [-0.15, -0.1) is 0 Å². The van der Waals surface area contributed by atoms with Crippen LogP contribution in [0.25, 0.3) is 0 Å². The van der Waals surface area contributed by atoms with Crippen molar-refractivity contribution in [1.82, 2.24) is 0 Å². The minimum absolute atomic E-state index is 0. The van der Waals surface area contributed by atoms with E-state index in [1.54, 1.807) is 0 Å². The number of carbonyl (C=O) groups is 2. The number of unbranched alkanes of at least 4 members (excludes halogenated alkanes) is 28. The third-order valence-corrected chi connectivity index (χ3v) is 8.22. The molecule has 0 aromatic rings. The van der Waals surface area contributed by atoms with E-state index in [0.717, 1.165) is 38.5 Å². The zero-order chi connectivity index (χ0) is 29.9. The normalized spacial score (nSPS) is 10.9. The number of rotatable bonds is 34. The van der Waals surface area contributed by atoms with E-state index in [-0.39, 0.29) is 37.7 Å². The Labute approximate surface area is 291 Å². The predicted molar refractivity (Wildman–Crippen MR) is 181 cm³/mol. The monoisotopic (exact) mass is 625 g/mol. The zero-order valence-corrected chi connectivity index (χ0v) is 27.7. The number of hydrogen-bond acceptors (Lipinski definition) is 5. The van der Waals surface area contributed by atoms with Gasteiger partial charge in [-0.05, 0) is 12.8 Å². The molecule has 0 bridgehead atoms. The van der Waals surface area contributed by atoms with Crippen molar-refractivity contribution < 1.29 is 24.4 Å². The summed E-state index contributed by atoms with van der Waals surface area (Å²) in [5, 5.41) is 4.41. The van der Waals surface area contributed by atoms with Gasteiger partial charge in [-0.3, -0.25) is 9.78 Å².